The van der Waals surface area contributed by atoms with Crippen LogP contribution in [0.4, 0.5) is 0 Å². The maximum atomic E-state index is 4.39. The first-order valence-electron chi connectivity index (χ1n) is 8.81. The topological polar surface area (TPSA) is 39.7 Å². The van der Waals surface area contributed by atoms with Crippen LogP contribution in [-0.2, 0) is 6.42 Å². The van der Waals surface area contributed by atoms with Crippen molar-refractivity contribution in [1.82, 2.24) is 15.5 Å². The third-order valence-electron chi connectivity index (χ3n) is 4.70. The van der Waals surface area contributed by atoms with Gasteiger partial charge in [-0.2, -0.15) is 11.8 Å². The predicted molar refractivity (Wildman–Crippen MR) is 122 cm³/mol. The summed E-state index contributed by atoms with van der Waals surface area (Å²) in [4.78, 5) is 6.66. The first kappa shape index (κ1) is 22.6. The number of hydrogen-bond donors (Lipinski definition) is 2. The molecule has 6 heteroatoms. The third-order valence-corrected chi connectivity index (χ3v) is 6.24. The lowest BCUT2D eigenvalue weighted by Gasteiger charge is -2.27. The first-order valence-corrected chi connectivity index (χ1v) is 9.80. The van der Waals surface area contributed by atoms with Gasteiger partial charge in [0.25, 0.3) is 0 Å². The number of thioether (sulfide) groups is 1. The van der Waals surface area contributed by atoms with Gasteiger partial charge in [0.15, 0.2) is 5.96 Å². The van der Waals surface area contributed by atoms with Crippen LogP contribution in [-0.4, -0.2) is 61.6 Å². The van der Waals surface area contributed by atoms with Gasteiger partial charge >= 0.3 is 0 Å². The van der Waals surface area contributed by atoms with Crippen LogP contribution < -0.4 is 10.6 Å². The van der Waals surface area contributed by atoms with E-state index in [2.05, 4.69) is 83.6 Å². The first-order chi connectivity index (χ1) is 11.5. The van der Waals surface area contributed by atoms with Gasteiger partial charge in [-0.1, -0.05) is 30.3 Å². The molecule has 0 saturated carbocycles. The Kier molecular flexibility index (Phi) is 10.2. The monoisotopic (exact) mass is 476 g/mol. The number of nitrogens with zero attached hydrogens (tertiary/aromatic N) is 2. The molecule has 2 unspecified atom stereocenters. The zero-order valence-electron chi connectivity index (χ0n) is 15.9. The highest BCUT2D eigenvalue weighted by Crippen LogP contribution is 2.36. The molecule has 2 atom stereocenters. The summed E-state index contributed by atoms with van der Waals surface area (Å²) in [6.45, 7) is 4.21. The van der Waals surface area contributed by atoms with E-state index in [0.717, 1.165) is 25.5 Å². The smallest absolute Gasteiger partial charge is 0.191 e. The summed E-state index contributed by atoms with van der Waals surface area (Å²) in [5.74, 6) is 2.19. The van der Waals surface area contributed by atoms with E-state index in [1.807, 2.05) is 7.05 Å². The molecule has 0 aliphatic carbocycles. The third kappa shape index (κ3) is 7.74. The van der Waals surface area contributed by atoms with Crippen LogP contribution in [0.3, 0.4) is 0 Å². The van der Waals surface area contributed by atoms with E-state index in [0.29, 0.717) is 10.8 Å². The lowest BCUT2D eigenvalue weighted by molar-refractivity contribution is 0.290. The van der Waals surface area contributed by atoms with Gasteiger partial charge in [-0.05, 0) is 51.6 Å². The summed E-state index contributed by atoms with van der Waals surface area (Å²) in [5, 5.41) is 7.01. The summed E-state index contributed by atoms with van der Waals surface area (Å²) in [7, 11) is 6.13. The Morgan fingerprint density at radius 1 is 1.28 bits per heavy atom. The van der Waals surface area contributed by atoms with E-state index in [1.54, 1.807) is 0 Å². The van der Waals surface area contributed by atoms with Crippen molar-refractivity contribution in [2.45, 2.75) is 37.0 Å². The van der Waals surface area contributed by atoms with Crippen LogP contribution in [0.15, 0.2) is 35.3 Å². The van der Waals surface area contributed by atoms with Crippen molar-refractivity contribution in [3.05, 3.63) is 35.9 Å². The second-order valence-electron chi connectivity index (χ2n) is 7.02. The lowest BCUT2D eigenvalue weighted by Crippen LogP contribution is -2.48. The molecule has 1 aliphatic rings. The molecule has 1 saturated heterocycles. The molecular formula is C19H33IN4S. The standard InChI is InChI=1S/C19H32N4S.HI/c1-19(11-8-12-24-19)15-22-18(20-2)21-14-17(23(3)4)13-16-9-6-5-7-10-16;/h5-7,9-10,17H,8,11-15H2,1-4H3,(H2,20,21,22);1H. The van der Waals surface area contributed by atoms with Gasteiger partial charge in [0.2, 0.25) is 0 Å². The average Bonchev–Trinajstić information content (AvgIpc) is 3.01. The van der Waals surface area contributed by atoms with Gasteiger partial charge in [0.05, 0.1) is 0 Å². The van der Waals surface area contributed by atoms with E-state index < -0.39 is 0 Å². The molecule has 4 nitrogen and oxygen atoms in total. The molecule has 0 radical (unpaired) electrons. The van der Waals surface area contributed by atoms with Crippen molar-refractivity contribution < 1.29 is 0 Å². The molecule has 2 N–H and O–H groups in total. The molecular weight excluding hydrogens is 443 g/mol. The Hall–Kier alpha value is -0.470. The number of halogens is 1. The van der Waals surface area contributed by atoms with Crippen LogP contribution in [0.1, 0.15) is 25.3 Å². The summed E-state index contributed by atoms with van der Waals surface area (Å²) in [6.07, 6.45) is 3.65. The fourth-order valence-electron chi connectivity index (χ4n) is 3.01. The lowest BCUT2D eigenvalue weighted by atomic mass is 10.1. The zero-order chi connectivity index (χ0) is 17.4. The number of hydrogen-bond acceptors (Lipinski definition) is 3. The molecule has 2 rings (SSSR count). The van der Waals surface area contributed by atoms with E-state index in [9.17, 15) is 0 Å². The minimum absolute atomic E-state index is 0. The summed E-state index contributed by atoms with van der Waals surface area (Å²) < 4.78 is 0.350. The molecule has 25 heavy (non-hydrogen) atoms. The molecule has 1 aromatic carbocycles. The van der Waals surface area contributed by atoms with Crippen molar-refractivity contribution in [3.8, 4) is 0 Å². The normalized spacial score (nSPS) is 21.7. The highest BCUT2D eigenvalue weighted by Gasteiger charge is 2.29. The molecule has 0 aromatic heterocycles. The quantitative estimate of drug-likeness (QED) is 0.360. The molecule has 1 aromatic rings. The largest absolute Gasteiger partial charge is 0.355 e. The molecule has 0 spiro atoms. The maximum Gasteiger partial charge on any atom is 0.191 e. The second kappa shape index (κ2) is 11.3. The highest BCUT2D eigenvalue weighted by molar-refractivity contribution is 14.0. The Morgan fingerprint density at radius 3 is 2.56 bits per heavy atom. The molecule has 1 heterocycles. The van der Waals surface area contributed by atoms with E-state index in [1.165, 1.54) is 24.2 Å². The number of guanidine groups is 1. The fraction of sp³-hybridized carbons (Fsp3) is 0.632. The molecule has 142 valence electrons. The average molecular weight is 476 g/mol. The van der Waals surface area contributed by atoms with Crippen molar-refractivity contribution in [1.29, 1.82) is 0 Å². The summed E-state index contributed by atoms with van der Waals surface area (Å²) in [5.41, 5.74) is 1.37. The number of aliphatic imine (C=N–C) groups is 1. The van der Waals surface area contributed by atoms with E-state index in [-0.39, 0.29) is 24.0 Å². The second-order valence-corrected chi connectivity index (χ2v) is 8.70. The van der Waals surface area contributed by atoms with Crippen LogP contribution in [0.25, 0.3) is 0 Å². The summed E-state index contributed by atoms with van der Waals surface area (Å²) >= 11 is 2.07. The molecule has 1 aliphatic heterocycles. The summed E-state index contributed by atoms with van der Waals surface area (Å²) in [6, 6.07) is 11.1. The fourth-order valence-corrected chi connectivity index (χ4v) is 4.25. The van der Waals surface area contributed by atoms with Gasteiger partial charge in [0.1, 0.15) is 0 Å². The predicted octanol–water partition coefficient (Wildman–Crippen LogP) is 3.23. The molecule has 0 bridgehead atoms. The van der Waals surface area contributed by atoms with Crippen LogP contribution in [0, 0.1) is 0 Å². The Labute approximate surface area is 174 Å². The van der Waals surface area contributed by atoms with E-state index in [4.69, 9.17) is 0 Å². The van der Waals surface area contributed by atoms with Crippen molar-refractivity contribution in [3.63, 3.8) is 0 Å². The van der Waals surface area contributed by atoms with Gasteiger partial charge in [-0.15, -0.1) is 24.0 Å². The van der Waals surface area contributed by atoms with Crippen LogP contribution in [0.2, 0.25) is 0 Å². The number of likely N-dealkylation sites (N-methyl/N-ethyl adjacent to an activating group) is 1. The Balaban J connectivity index is 0.00000312. The minimum Gasteiger partial charge on any atom is -0.355 e. The van der Waals surface area contributed by atoms with Crippen molar-refractivity contribution >= 4 is 41.7 Å². The Bertz CT molecular complexity index is 515. The van der Waals surface area contributed by atoms with Crippen LogP contribution >= 0.6 is 35.7 Å². The van der Waals surface area contributed by atoms with Crippen molar-refractivity contribution in [2.24, 2.45) is 4.99 Å². The van der Waals surface area contributed by atoms with Gasteiger partial charge < -0.3 is 15.5 Å². The van der Waals surface area contributed by atoms with Gasteiger partial charge in [0, 0.05) is 30.9 Å². The van der Waals surface area contributed by atoms with Crippen LogP contribution in [0.5, 0.6) is 0 Å². The van der Waals surface area contributed by atoms with Gasteiger partial charge in [-0.25, -0.2) is 0 Å². The SMILES string of the molecule is CN=C(NCC(Cc1ccccc1)N(C)C)NCC1(C)CCCS1.I. The van der Waals surface area contributed by atoms with Gasteiger partial charge in [-0.3, -0.25) is 4.99 Å². The zero-order valence-corrected chi connectivity index (χ0v) is 19.1. The van der Waals surface area contributed by atoms with E-state index >= 15 is 0 Å². The Morgan fingerprint density at radius 2 is 2.00 bits per heavy atom. The van der Waals surface area contributed by atoms with Crippen molar-refractivity contribution in [2.75, 3.05) is 40.0 Å². The molecule has 0 amide bonds. The number of nitrogens with one attached hydrogen (secondary N) is 2. The number of rotatable bonds is 7. The number of benzene rings is 1. The molecule has 1 fully saturated rings. The maximum absolute atomic E-state index is 4.39. The highest BCUT2D eigenvalue weighted by atomic mass is 127. The minimum atomic E-state index is 0.